The van der Waals surface area contributed by atoms with E-state index < -0.39 is 0 Å². The van der Waals surface area contributed by atoms with Crippen LogP contribution in [-0.4, -0.2) is 24.5 Å². The average molecular weight is 263 g/mol. The third-order valence-electron chi connectivity index (χ3n) is 3.89. The zero-order chi connectivity index (χ0) is 13.7. The second kappa shape index (κ2) is 3.94. The fourth-order valence-electron chi connectivity index (χ4n) is 2.87. The van der Waals surface area contributed by atoms with E-state index in [1.807, 2.05) is 17.9 Å². The first kappa shape index (κ1) is 11.2. The molecule has 0 atom stereocenters. The smallest absolute Gasteiger partial charge is 0.134 e. The molecule has 1 aliphatic carbocycles. The predicted molar refractivity (Wildman–Crippen MR) is 75.5 cm³/mol. The largest absolute Gasteiger partial charge is 0.300 e. The molecule has 0 bridgehead atoms. The van der Waals surface area contributed by atoms with Crippen LogP contribution in [0.15, 0.2) is 18.5 Å². The molecule has 0 aromatic carbocycles. The van der Waals surface area contributed by atoms with Crippen molar-refractivity contribution in [3.8, 4) is 12.3 Å². The van der Waals surface area contributed by atoms with Gasteiger partial charge >= 0.3 is 0 Å². The third-order valence-corrected chi connectivity index (χ3v) is 3.89. The minimum Gasteiger partial charge on any atom is -0.300 e. The number of terminal acetylenes is 1. The summed E-state index contributed by atoms with van der Waals surface area (Å²) in [5.41, 5.74) is 5.93. The SMILES string of the molecule is C#Cc1ncn2c1Cc1c(C)nnn1C1=CCCC=C12. The summed E-state index contributed by atoms with van der Waals surface area (Å²) in [5, 5.41) is 8.50. The van der Waals surface area contributed by atoms with Crippen molar-refractivity contribution in [3.05, 3.63) is 41.3 Å². The van der Waals surface area contributed by atoms with Crippen molar-refractivity contribution in [2.45, 2.75) is 26.2 Å². The predicted octanol–water partition coefficient (Wildman–Crippen LogP) is 1.84. The fraction of sp³-hybridized carbons (Fsp3) is 0.267. The van der Waals surface area contributed by atoms with Gasteiger partial charge in [-0.3, -0.25) is 4.57 Å². The average Bonchev–Trinajstić information content (AvgIpc) is 3.01. The van der Waals surface area contributed by atoms with Crippen molar-refractivity contribution in [3.63, 3.8) is 0 Å². The zero-order valence-electron chi connectivity index (χ0n) is 11.2. The molecule has 2 aromatic rings. The molecule has 5 nitrogen and oxygen atoms in total. The number of rotatable bonds is 0. The second-order valence-corrected chi connectivity index (χ2v) is 5.02. The molecule has 0 spiro atoms. The number of hydrogen-bond donors (Lipinski definition) is 0. The Morgan fingerprint density at radius 3 is 2.80 bits per heavy atom. The third kappa shape index (κ3) is 1.36. The summed E-state index contributed by atoms with van der Waals surface area (Å²) in [7, 11) is 0. The van der Waals surface area contributed by atoms with Crippen LogP contribution in [-0.2, 0) is 6.42 Å². The molecule has 98 valence electrons. The van der Waals surface area contributed by atoms with E-state index >= 15 is 0 Å². The first-order valence-electron chi connectivity index (χ1n) is 6.65. The molecule has 0 N–H and O–H groups in total. The van der Waals surface area contributed by atoms with Crippen molar-refractivity contribution < 1.29 is 0 Å². The Kier molecular flexibility index (Phi) is 2.21. The summed E-state index contributed by atoms with van der Waals surface area (Å²) in [6.45, 7) is 1.98. The van der Waals surface area contributed by atoms with E-state index in [0.717, 1.165) is 41.3 Å². The second-order valence-electron chi connectivity index (χ2n) is 5.02. The minimum atomic E-state index is 0.699. The normalized spacial score (nSPS) is 16.2. The minimum absolute atomic E-state index is 0.699. The van der Waals surface area contributed by atoms with Crippen LogP contribution in [0, 0.1) is 19.3 Å². The first-order valence-corrected chi connectivity index (χ1v) is 6.65. The lowest BCUT2D eigenvalue weighted by atomic mass is 10.1. The summed E-state index contributed by atoms with van der Waals surface area (Å²) in [6, 6.07) is 0. The highest BCUT2D eigenvalue weighted by Gasteiger charge is 2.27. The zero-order valence-corrected chi connectivity index (χ0v) is 11.2. The molecule has 2 aromatic heterocycles. The van der Waals surface area contributed by atoms with Crippen molar-refractivity contribution in [2.24, 2.45) is 0 Å². The first-order chi connectivity index (χ1) is 9.79. The van der Waals surface area contributed by atoms with Crippen LogP contribution in [0.1, 0.15) is 35.6 Å². The van der Waals surface area contributed by atoms with Gasteiger partial charge < -0.3 is 0 Å². The molecule has 5 heteroatoms. The van der Waals surface area contributed by atoms with Crippen LogP contribution in [0.25, 0.3) is 11.4 Å². The topological polar surface area (TPSA) is 48.5 Å². The van der Waals surface area contributed by atoms with Crippen LogP contribution >= 0.6 is 0 Å². The Bertz CT molecular complexity index is 810. The number of aromatic nitrogens is 5. The summed E-state index contributed by atoms with van der Waals surface area (Å²) < 4.78 is 4.03. The summed E-state index contributed by atoms with van der Waals surface area (Å²) in [4.78, 5) is 4.34. The van der Waals surface area contributed by atoms with E-state index in [2.05, 4.69) is 37.9 Å². The van der Waals surface area contributed by atoms with E-state index in [1.54, 1.807) is 0 Å². The van der Waals surface area contributed by atoms with Gasteiger partial charge in [0.05, 0.1) is 28.5 Å². The van der Waals surface area contributed by atoms with E-state index in [-0.39, 0.29) is 0 Å². The number of imidazole rings is 1. The maximum atomic E-state index is 5.57. The Hall–Kier alpha value is -2.61. The van der Waals surface area contributed by atoms with Gasteiger partial charge in [-0.15, -0.1) is 11.5 Å². The molecule has 3 heterocycles. The molecule has 0 amide bonds. The summed E-state index contributed by atoms with van der Waals surface area (Å²) in [6.07, 6.45) is 14.5. The lowest BCUT2D eigenvalue weighted by molar-refractivity contribution is 0.792. The highest BCUT2D eigenvalue weighted by molar-refractivity contribution is 5.90. The van der Waals surface area contributed by atoms with Gasteiger partial charge in [0.15, 0.2) is 0 Å². The number of allylic oxidation sites excluding steroid dienone is 4. The van der Waals surface area contributed by atoms with Crippen molar-refractivity contribution >= 4 is 11.4 Å². The van der Waals surface area contributed by atoms with Crippen LogP contribution in [0.5, 0.6) is 0 Å². The van der Waals surface area contributed by atoms with Crippen molar-refractivity contribution in [1.82, 2.24) is 24.5 Å². The molecular weight excluding hydrogens is 250 g/mol. The van der Waals surface area contributed by atoms with Crippen LogP contribution < -0.4 is 0 Å². The molecule has 0 fully saturated rings. The van der Waals surface area contributed by atoms with E-state index in [0.29, 0.717) is 12.1 Å². The van der Waals surface area contributed by atoms with Gasteiger partial charge in [0.25, 0.3) is 0 Å². The van der Waals surface area contributed by atoms with Crippen molar-refractivity contribution in [2.75, 3.05) is 0 Å². The lowest BCUT2D eigenvalue weighted by Crippen LogP contribution is -2.08. The monoisotopic (exact) mass is 263 g/mol. The van der Waals surface area contributed by atoms with E-state index in [1.165, 1.54) is 0 Å². The standard InChI is InChI=1S/C15H13N5/c1-3-11-15-8-14-10(2)17-18-20(14)13-7-5-4-6-12(13)19(15)9-16-11/h1,6-7,9H,4-5,8H2,2H3. The summed E-state index contributed by atoms with van der Waals surface area (Å²) in [5.74, 6) is 2.67. The molecule has 0 saturated carbocycles. The van der Waals surface area contributed by atoms with Gasteiger partial charge in [0.2, 0.25) is 0 Å². The number of hydrogen-bond acceptors (Lipinski definition) is 3. The van der Waals surface area contributed by atoms with E-state index in [9.17, 15) is 0 Å². The maximum Gasteiger partial charge on any atom is 0.134 e. The number of nitrogens with zero attached hydrogens (tertiary/aromatic N) is 5. The van der Waals surface area contributed by atoms with Gasteiger partial charge in [-0.05, 0) is 25.7 Å². The Morgan fingerprint density at radius 2 is 2.00 bits per heavy atom. The fourth-order valence-corrected chi connectivity index (χ4v) is 2.87. The molecule has 0 saturated heterocycles. The number of aryl methyl sites for hydroxylation is 1. The van der Waals surface area contributed by atoms with Gasteiger partial charge in [-0.2, -0.15) is 0 Å². The summed E-state index contributed by atoms with van der Waals surface area (Å²) >= 11 is 0. The highest BCUT2D eigenvalue weighted by atomic mass is 15.4. The van der Waals surface area contributed by atoms with Crippen LogP contribution in [0.4, 0.5) is 0 Å². The quantitative estimate of drug-likeness (QED) is 0.681. The molecule has 20 heavy (non-hydrogen) atoms. The van der Waals surface area contributed by atoms with Gasteiger partial charge in [-0.1, -0.05) is 17.4 Å². The van der Waals surface area contributed by atoms with Gasteiger partial charge in [0, 0.05) is 6.42 Å². The molecule has 1 aliphatic heterocycles. The Balaban J connectivity index is 2.06. The Labute approximate surface area is 116 Å². The highest BCUT2D eigenvalue weighted by Crippen LogP contribution is 2.34. The van der Waals surface area contributed by atoms with Crippen LogP contribution in [0.2, 0.25) is 0 Å². The van der Waals surface area contributed by atoms with Gasteiger partial charge in [-0.25, -0.2) is 9.67 Å². The Morgan fingerprint density at radius 1 is 1.20 bits per heavy atom. The molecule has 0 radical (unpaired) electrons. The van der Waals surface area contributed by atoms with Crippen LogP contribution in [0.3, 0.4) is 0 Å². The van der Waals surface area contributed by atoms with E-state index in [4.69, 9.17) is 6.42 Å². The molecule has 2 aliphatic rings. The lowest BCUT2D eigenvalue weighted by Gasteiger charge is -2.16. The van der Waals surface area contributed by atoms with Crippen molar-refractivity contribution in [1.29, 1.82) is 0 Å². The maximum absolute atomic E-state index is 5.57. The number of fused-ring (bicyclic) bond motifs is 5. The van der Waals surface area contributed by atoms with Gasteiger partial charge in [0.1, 0.15) is 12.0 Å². The molecule has 0 unspecified atom stereocenters. The molecule has 4 rings (SSSR count). The molecular formula is C15H13N5.